The van der Waals surface area contributed by atoms with Crippen LogP contribution >= 0.6 is 0 Å². The van der Waals surface area contributed by atoms with Gasteiger partial charge in [0.05, 0.1) is 12.5 Å². The molecule has 2 aliphatic rings. The predicted molar refractivity (Wildman–Crippen MR) is 83.8 cm³/mol. The Labute approximate surface area is 139 Å². The molecule has 2 aliphatic heterocycles. The van der Waals surface area contributed by atoms with E-state index < -0.39 is 35.9 Å². The molecule has 24 heavy (non-hydrogen) atoms. The summed E-state index contributed by atoms with van der Waals surface area (Å²) in [5.74, 6) is -2.74. The normalized spacial score (nSPS) is 25.1. The fourth-order valence-electron chi connectivity index (χ4n) is 3.24. The third-order valence-electron chi connectivity index (χ3n) is 4.47. The summed E-state index contributed by atoms with van der Waals surface area (Å²) in [6, 6.07) is -2.45. The van der Waals surface area contributed by atoms with E-state index in [1.54, 1.807) is 0 Å². The summed E-state index contributed by atoms with van der Waals surface area (Å²) in [5.41, 5.74) is 5.19. The summed E-state index contributed by atoms with van der Waals surface area (Å²) >= 11 is 0. The number of nitrogens with two attached hydrogens (primary N) is 1. The lowest BCUT2D eigenvalue weighted by molar-refractivity contribution is -0.149. The van der Waals surface area contributed by atoms with E-state index in [9.17, 15) is 24.3 Å². The summed E-state index contributed by atoms with van der Waals surface area (Å²) < 4.78 is 0. The van der Waals surface area contributed by atoms with E-state index in [1.807, 2.05) is 0 Å². The number of carbonyl (C=O) groups excluding carboxylic acids is 3. The molecule has 0 aromatic rings. The molecule has 2 fully saturated rings. The molecule has 0 aromatic heterocycles. The number of carboxylic acids is 1. The molecular weight excluding hydrogens is 316 g/mol. The van der Waals surface area contributed by atoms with Crippen LogP contribution in [0.15, 0.2) is 0 Å². The van der Waals surface area contributed by atoms with Crippen LogP contribution in [0.3, 0.4) is 0 Å². The van der Waals surface area contributed by atoms with Crippen LogP contribution in [0.2, 0.25) is 0 Å². The molecule has 0 spiro atoms. The van der Waals surface area contributed by atoms with Crippen molar-refractivity contribution in [2.24, 2.45) is 5.73 Å². The Hall–Kier alpha value is -2.16. The van der Waals surface area contributed by atoms with Crippen LogP contribution < -0.4 is 16.4 Å². The Morgan fingerprint density at radius 3 is 2.54 bits per heavy atom. The van der Waals surface area contributed by atoms with Gasteiger partial charge < -0.3 is 26.4 Å². The number of rotatable bonds is 6. The zero-order valence-corrected chi connectivity index (χ0v) is 13.5. The van der Waals surface area contributed by atoms with Gasteiger partial charge in [0.15, 0.2) is 0 Å². The Balaban J connectivity index is 2.06. The molecule has 3 amide bonds. The van der Waals surface area contributed by atoms with Crippen molar-refractivity contribution in [2.75, 3.05) is 13.1 Å². The number of carbonyl (C=O) groups is 4. The maximum Gasteiger partial charge on any atom is 0.326 e. The van der Waals surface area contributed by atoms with Crippen molar-refractivity contribution in [2.45, 2.75) is 56.7 Å². The topological polar surface area (TPSA) is 142 Å². The highest BCUT2D eigenvalue weighted by Crippen LogP contribution is 2.19. The maximum absolute atomic E-state index is 12.6. The fourth-order valence-corrected chi connectivity index (χ4v) is 3.24. The predicted octanol–water partition coefficient (Wildman–Crippen LogP) is -1.44. The van der Waals surface area contributed by atoms with Gasteiger partial charge in [0.25, 0.3) is 0 Å². The number of primary amides is 1. The van der Waals surface area contributed by atoms with Crippen molar-refractivity contribution < 1.29 is 24.3 Å². The molecule has 9 nitrogen and oxygen atoms in total. The van der Waals surface area contributed by atoms with E-state index in [0.29, 0.717) is 25.8 Å². The van der Waals surface area contributed by atoms with Crippen molar-refractivity contribution in [1.29, 1.82) is 0 Å². The summed E-state index contributed by atoms with van der Waals surface area (Å²) in [5, 5.41) is 14.8. The largest absolute Gasteiger partial charge is 0.480 e. The standard InChI is InChI=1S/C15H24N4O5/c16-12(20)8-10(18-13(21)9-4-1-2-6-17-9)14(22)19-7-3-5-11(19)15(23)24/h9-11,17H,1-8H2,(H2,16,20)(H,18,21)(H,23,24)/t9-,10+,11-/m0/s1. The van der Waals surface area contributed by atoms with E-state index in [4.69, 9.17) is 5.73 Å². The molecule has 0 bridgehead atoms. The Morgan fingerprint density at radius 2 is 1.96 bits per heavy atom. The number of amides is 3. The molecule has 3 atom stereocenters. The first-order chi connectivity index (χ1) is 11.4. The average Bonchev–Trinajstić information content (AvgIpc) is 3.03. The van der Waals surface area contributed by atoms with Gasteiger partial charge in [-0.15, -0.1) is 0 Å². The monoisotopic (exact) mass is 340 g/mol. The molecule has 5 N–H and O–H groups in total. The highest BCUT2D eigenvalue weighted by molar-refractivity contribution is 5.94. The molecule has 0 unspecified atom stereocenters. The summed E-state index contributed by atoms with van der Waals surface area (Å²) in [7, 11) is 0. The molecular formula is C15H24N4O5. The fraction of sp³-hybridized carbons (Fsp3) is 0.733. The van der Waals surface area contributed by atoms with E-state index in [0.717, 1.165) is 19.4 Å². The number of likely N-dealkylation sites (tertiary alicyclic amines) is 1. The first-order valence-electron chi connectivity index (χ1n) is 8.25. The Kier molecular flexibility index (Phi) is 6.13. The highest BCUT2D eigenvalue weighted by atomic mass is 16.4. The highest BCUT2D eigenvalue weighted by Gasteiger charge is 2.38. The molecule has 0 saturated carbocycles. The number of carboxylic acid groups (broad SMARTS) is 1. The van der Waals surface area contributed by atoms with Gasteiger partial charge in [-0.3, -0.25) is 14.4 Å². The van der Waals surface area contributed by atoms with Gasteiger partial charge in [0.1, 0.15) is 12.1 Å². The molecule has 134 valence electrons. The molecule has 9 heteroatoms. The lowest BCUT2D eigenvalue weighted by Gasteiger charge is -2.29. The number of hydrogen-bond acceptors (Lipinski definition) is 5. The number of aliphatic carboxylic acids is 1. The van der Waals surface area contributed by atoms with Gasteiger partial charge in [-0.05, 0) is 32.2 Å². The third-order valence-corrected chi connectivity index (χ3v) is 4.47. The third kappa shape index (κ3) is 4.44. The Morgan fingerprint density at radius 1 is 1.21 bits per heavy atom. The van der Waals surface area contributed by atoms with Gasteiger partial charge in [-0.2, -0.15) is 0 Å². The van der Waals surface area contributed by atoms with E-state index in [2.05, 4.69) is 10.6 Å². The average molecular weight is 340 g/mol. The molecule has 2 rings (SSSR count). The molecule has 0 radical (unpaired) electrons. The van der Waals surface area contributed by atoms with Gasteiger partial charge in [0, 0.05) is 6.54 Å². The number of nitrogens with one attached hydrogen (secondary N) is 2. The number of nitrogens with zero attached hydrogens (tertiary/aromatic N) is 1. The molecule has 0 aliphatic carbocycles. The van der Waals surface area contributed by atoms with Crippen LogP contribution in [0.5, 0.6) is 0 Å². The smallest absolute Gasteiger partial charge is 0.326 e. The van der Waals surface area contributed by atoms with Crippen molar-refractivity contribution in [1.82, 2.24) is 15.5 Å². The van der Waals surface area contributed by atoms with Crippen LogP contribution in [-0.4, -0.2) is 64.9 Å². The van der Waals surface area contributed by atoms with Gasteiger partial charge >= 0.3 is 5.97 Å². The minimum absolute atomic E-state index is 0.294. The van der Waals surface area contributed by atoms with Crippen LogP contribution in [0, 0.1) is 0 Å². The van der Waals surface area contributed by atoms with Crippen molar-refractivity contribution in [3.8, 4) is 0 Å². The molecule has 2 heterocycles. The van der Waals surface area contributed by atoms with Gasteiger partial charge in [-0.25, -0.2) is 4.79 Å². The summed E-state index contributed by atoms with van der Waals surface area (Å²) in [6.45, 7) is 1.02. The van der Waals surface area contributed by atoms with Crippen molar-refractivity contribution in [3.63, 3.8) is 0 Å². The zero-order chi connectivity index (χ0) is 17.7. The zero-order valence-electron chi connectivity index (χ0n) is 13.5. The van der Waals surface area contributed by atoms with Gasteiger partial charge in [0.2, 0.25) is 17.7 Å². The Bertz CT molecular complexity index is 518. The lowest BCUT2D eigenvalue weighted by atomic mass is 10.0. The second-order valence-corrected chi connectivity index (χ2v) is 6.26. The first-order valence-corrected chi connectivity index (χ1v) is 8.25. The van der Waals surface area contributed by atoms with Crippen LogP contribution in [0.25, 0.3) is 0 Å². The second-order valence-electron chi connectivity index (χ2n) is 6.26. The van der Waals surface area contributed by atoms with E-state index in [-0.39, 0.29) is 12.3 Å². The van der Waals surface area contributed by atoms with E-state index >= 15 is 0 Å². The molecule has 0 aromatic carbocycles. The second kappa shape index (κ2) is 8.09. The van der Waals surface area contributed by atoms with E-state index in [1.165, 1.54) is 4.90 Å². The first kappa shape index (κ1) is 18.2. The quantitative estimate of drug-likeness (QED) is 0.467. The molecule has 2 saturated heterocycles. The van der Waals surface area contributed by atoms with Crippen LogP contribution in [0.1, 0.15) is 38.5 Å². The summed E-state index contributed by atoms with van der Waals surface area (Å²) in [6.07, 6.45) is 3.14. The number of hydrogen-bond donors (Lipinski definition) is 4. The van der Waals surface area contributed by atoms with Crippen molar-refractivity contribution >= 4 is 23.7 Å². The maximum atomic E-state index is 12.6. The minimum Gasteiger partial charge on any atom is -0.480 e. The SMILES string of the molecule is NC(=O)C[C@@H](NC(=O)[C@@H]1CCCCN1)C(=O)N1CCC[C@H]1C(=O)O. The van der Waals surface area contributed by atoms with Crippen LogP contribution in [-0.2, 0) is 19.2 Å². The lowest BCUT2D eigenvalue weighted by Crippen LogP contribution is -2.56. The van der Waals surface area contributed by atoms with Gasteiger partial charge in [-0.1, -0.05) is 6.42 Å². The number of piperidine rings is 1. The van der Waals surface area contributed by atoms with Crippen molar-refractivity contribution in [3.05, 3.63) is 0 Å². The summed E-state index contributed by atoms with van der Waals surface area (Å²) in [4.78, 5) is 48.7. The minimum atomic E-state index is -1.13. The van der Waals surface area contributed by atoms with Crippen LogP contribution in [0.4, 0.5) is 0 Å².